The molecule has 2 rings (SSSR count). The Morgan fingerprint density at radius 1 is 1.11 bits per heavy atom. The molecule has 7 heteroatoms. The van der Waals surface area contributed by atoms with Gasteiger partial charge in [0.25, 0.3) is 0 Å². The van der Waals surface area contributed by atoms with Crippen molar-refractivity contribution in [3.05, 3.63) is 59.4 Å². The molecular formula is C20H27N3O3S. The summed E-state index contributed by atoms with van der Waals surface area (Å²) < 4.78 is 24.8. The first-order valence-electron chi connectivity index (χ1n) is 8.95. The molecule has 0 spiro atoms. The summed E-state index contributed by atoms with van der Waals surface area (Å²) in [6.07, 6.45) is 3.23. The van der Waals surface area contributed by atoms with Gasteiger partial charge in [-0.2, -0.15) is 0 Å². The molecule has 2 aromatic rings. The van der Waals surface area contributed by atoms with Crippen LogP contribution in [0.3, 0.4) is 0 Å². The van der Waals surface area contributed by atoms with Crippen LogP contribution in [0.4, 0.5) is 5.69 Å². The van der Waals surface area contributed by atoms with Crippen LogP contribution < -0.4 is 4.72 Å². The molecule has 6 nitrogen and oxygen atoms in total. The van der Waals surface area contributed by atoms with Crippen molar-refractivity contribution in [1.82, 2.24) is 9.88 Å². The molecule has 0 aliphatic rings. The molecule has 1 N–H and O–H groups in total. The van der Waals surface area contributed by atoms with E-state index in [0.717, 1.165) is 43.6 Å². The summed E-state index contributed by atoms with van der Waals surface area (Å²) in [4.78, 5) is 19.0. The number of hydrogen-bond donors (Lipinski definition) is 1. The second-order valence-electron chi connectivity index (χ2n) is 6.80. The number of anilines is 1. The molecule has 1 aromatic heterocycles. The fourth-order valence-electron chi connectivity index (χ4n) is 2.75. The van der Waals surface area contributed by atoms with E-state index in [9.17, 15) is 13.2 Å². The van der Waals surface area contributed by atoms with Crippen LogP contribution in [0, 0.1) is 6.92 Å². The Balaban J connectivity index is 1.73. The summed E-state index contributed by atoms with van der Waals surface area (Å²) >= 11 is 0. The molecule has 1 heterocycles. The van der Waals surface area contributed by atoms with Crippen LogP contribution in [0.1, 0.15) is 34.6 Å². The molecule has 0 unspecified atom stereocenters. The average Bonchev–Trinajstić information content (AvgIpc) is 2.59. The van der Waals surface area contributed by atoms with Gasteiger partial charge < -0.3 is 4.90 Å². The maximum atomic E-state index is 12.3. The van der Waals surface area contributed by atoms with Crippen molar-refractivity contribution in [2.75, 3.05) is 31.1 Å². The molecule has 27 heavy (non-hydrogen) atoms. The lowest BCUT2D eigenvalue weighted by Gasteiger charge is -2.16. The minimum atomic E-state index is -3.31. The second-order valence-corrected chi connectivity index (χ2v) is 8.55. The molecule has 146 valence electrons. The van der Waals surface area contributed by atoms with Gasteiger partial charge in [-0.1, -0.05) is 6.07 Å². The second kappa shape index (κ2) is 9.62. The maximum absolute atomic E-state index is 12.3. The number of aryl methyl sites for hydroxylation is 1. The van der Waals surface area contributed by atoms with Gasteiger partial charge >= 0.3 is 0 Å². The third kappa shape index (κ3) is 7.88. The zero-order valence-electron chi connectivity index (χ0n) is 16.1. The normalized spacial score (nSPS) is 11.6. The summed E-state index contributed by atoms with van der Waals surface area (Å²) in [5.41, 5.74) is 3.17. The number of rotatable bonds is 10. The van der Waals surface area contributed by atoms with Gasteiger partial charge in [0.15, 0.2) is 5.78 Å². The standard InChI is InChI=1S/C20H27N3O3S/c1-16-6-4-7-18(21-16)13-15-23(2)14-5-8-20(24)17-9-11-19(12-10-17)22-27(3,25)26/h4,6-7,9-12,22H,5,8,13-15H2,1-3H3. The van der Waals surface area contributed by atoms with E-state index in [1.165, 1.54) is 0 Å². The van der Waals surface area contributed by atoms with Gasteiger partial charge in [-0.3, -0.25) is 14.5 Å². The number of Topliss-reactive ketones (excluding diaryl/α,β-unsaturated/α-hetero) is 1. The Kier molecular flexibility index (Phi) is 7.50. The Labute approximate surface area is 161 Å². The fraction of sp³-hybridized carbons (Fsp3) is 0.400. The monoisotopic (exact) mass is 389 g/mol. The molecule has 0 atom stereocenters. The molecule has 0 fully saturated rings. The number of carbonyl (C=O) groups excluding carboxylic acids is 1. The van der Waals surface area contributed by atoms with E-state index in [0.29, 0.717) is 17.7 Å². The first-order chi connectivity index (χ1) is 12.7. The van der Waals surface area contributed by atoms with Crippen molar-refractivity contribution in [3.63, 3.8) is 0 Å². The van der Waals surface area contributed by atoms with Crippen LogP contribution in [0.25, 0.3) is 0 Å². The number of aromatic nitrogens is 1. The number of ketones is 1. The van der Waals surface area contributed by atoms with E-state index in [1.807, 2.05) is 32.2 Å². The van der Waals surface area contributed by atoms with Crippen LogP contribution in [0.2, 0.25) is 0 Å². The highest BCUT2D eigenvalue weighted by Gasteiger charge is 2.08. The smallest absolute Gasteiger partial charge is 0.229 e. The molecular weight excluding hydrogens is 362 g/mol. The van der Waals surface area contributed by atoms with Crippen LogP contribution in [0.5, 0.6) is 0 Å². The topological polar surface area (TPSA) is 79.4 Å². The molecule has 0 radical (unpaired) electrons. The summed E-state index contributed by atoms with van der Waals surface area (Å²) in [5, 5.41) is 0. The van der Waals surface area contributed by atoms with Crippen LogP contribution >= 0.6 is 0 Å². The van der Waals surface area contributed by atoms with Crippen molar-refractivity contribution in [2.45, 2.75) is 26.2 Å². The first-order valence-corrected chi connectivity index (χ1v) is 10.8. The Hall–Kier alpha value is -2.25. The summed E-state index contributed by atoms with van der Waals surface area (Å²) in [6.45, 7) is 3.73. The highest BCUT2D eigenvalue weighted by Crippen LogP contribution is 2.13. The minimum Gasteiger partial charge on any atom is -0.306 e. The van der Waals surface area contributed by atoms with Gasteiger partial charge in [-0.05, 0) is 63.3 Å². The summed E-state index contributed by atoms with van der Waals surface area (Å²) in [5.74, 6) is 0.0645. The van der Waals surface area contributed by atoms with Gasteiger partial charge in [-0.25, -0.2) is 8.42 Å². The van der Waals surface area contributed by atoms with Crippen molar-refractivity contribution in [1.29, 1.82) is 0 Å². The summed E-state index contributed by atoms with van der Waals surface area (Å²) in [7, 11) is -1.26. The molecule has 0 saturated carbocycles. The largest absolute Gasteiger partial charge is 0.306 e. The number of sulfonamides is 1. The SMILES string of the molecule is Cc1cccc(CCN(C)CCCC(=O)c2ccc(NS(C)(=O)=O)cc2)n1. The first kappa shape index (κ1) is 21.1. The van der Waals surface area contributed by atoms with Crippen LogP contribution in [-0.2, 0) is 16.4 Å². The summed E-state index contributed by atoms with van der Waals surface area (Å²) in [6, 6.07) is 12.6. The van der Waals surface area contributed by atoms with Crippen molar-refractivity contribution in [3.8, 4) is 0 Å². The molecule has 0 saturated heterocycles. The van der Waals surface area contributed by atoms with Crippen LogP contribution in [0.15, 0.2) is 42.5 Å². The van der Waals surface area contributed by atoms with Crippen molar-refractivity contribution < 1.29 is 13.2 Å². The number of hydrogen-bond acceptors (Lipinski definition) is 5. The predicted molar refractivity (Wildman–Crippen MR) is 109 cm³/mol. The van der Waals surface area contributed by atoms with Crippen molar-refractivity contribution >= 4 is 21.5 Å². The zero-order chi connectivity index (χ0) is 19.9. The predicted octanol–water partition coefficient (Wildman–Crippen LogP) is 2.90. The van der Waals surface area contributed by atoms with E-state index in [2.05, 4.69) is 14.6 Å². The van der Waals surface area contributed by atoms with Gasteiger partial charge in [0.05, 0.1) is 6.26 Å². The Morgan fingerprint density at radius 2 is 1.81 bits per heavy atom. The number of nitrogens with zero attached hydrogens (tertiary/aromatic N) is 2. The molecule has 0 aliphatic carbocycles. The van der Waals surface area contributed by atoms with E-state index >= 15 is 0 Å². The number of carbonyl (C=O) groups is 1. The lowest BCUT2D eigenvalue weighted by atomic mass is 10.1. The lowest BCUT2D eigenvalue weighted by molar-refractivity contribution is 0.0976. The molecule has 1 aromatic carbocycles. The van der Waals surface area contributed by atoms with E-state index < -0.39 is 10.0 Å². The number of pyridine rings is 1. The number of likely N-dealkylation sites (N-methyl/N-ethyl adjacent to an activating group) is 1. The van der Waals surface area contributed by atoms with Gasteiger partial charge in [0, 0.05) is 42.0 Å². The molecule has 0 aliphatic heterocycles. The van der Waals surface area contributed by atoms with Gasteiger partial charge in [0.1, 0.15) is 0 Å². The zero-order valence-corrected chi connectivity index (χ0v) is 16.9. The number of nitrogens with one attached hydrogen (secondary N) is 1. The fourth-order valence-corrected chi connectivity index (χ4v) is 3.31. The van der Waals surface area contributed by atoms with E-state index in [-0.39, 0.29) is 5.78 Å². The van der Waals surface area contributed by atoms with E-state index in [1.54, 1.807) is 24.3 Å². The van der Waals surface area contributed by atoms with Crippen molar-refractivity contribution in [2.24, 2.45) is 0 Å². The molecule has 0 amide bonds. The van der Waals surface area contributed by atoms with Gasteiger partial charge in [-0.15, -0.1) is 0 Å². The van der Waals surface area contributed by atoms with Crippen LogP contribution in [-0.4, -0.2) is 50.5 Å². The third-order valence-electron chi connectivity index (χ3n) is 4.15. The van der Waals surface area contributed by atoms with E-state index in [4.69, 9.17) is 0 Å². The highest BCUT2D eigenvalue weighted by molar-refractivity contribution is 7.92. The lowest BCUT2D eigenvalue weighted by Crippen LogP contribution is -2.23. The Bertz CT molecular complexity index is 864. The minimum absolute atomic E-state index is 0.0645. The third-order valence-corrected chi connectivity index (χ3v) is 4.76. The molecule has 0 bridgehead atoms. The van der Waals surface area contributed by atoms with Gasteiger partial charge in [0.2, 0.25) is 10.0 Å². The quantitative estimate of drug-likeness (QED) is 0.632. The number of benzene rings is 1. The average molecular weight is 390 g/mol. The Morgan fingerprint density at radius 3 is 2.44 bits per heavy atom. The maximum Gasteiger partial charge on any atom is 0.229 e. The highest BCUT2D eigenvalue weighted by atomic mass is 32.2.